The number of aliphatic imine (C=N–C) groups is 1. The number of rotatable bonds is 1. The van der Waals surface area contributed by atoms with Crippen molar-refractivity contribution in [3.8, 4) is 0 Å². The highest BCUT2D eigenvalue weighted by atomic mass is 15.1. The van der Waals surface area contributed by atoms with Gasteiger partial charge in [-0.3, -0.25) is 10.3 Å². The average molecular weight is 160 g/mol. The fourth-order valence-electron chi connectivity index (χ4n) is 1.38. The van der Waals surface area contributed by atoms with Crippen LogP contribution >= 0.6 is 0 Å². The molecule has 0 aliphatic carbocycles. The van der Waals surface area contributed by atoms with Gasteiger partial charge in [-0.2, -0.15) is 0 Å². The van der Waals surface area contributed by atoms with E-state index in [1.54, 1.807) is 0 Å². The second-order valence-corrected chi connectivity index (χ2v) is 3.06. The maximum absolute atomic E-state index is 4.46. The van der Waals surface area contributed by atoms with E-state index in [2.05, 4.69) is 29.4 Å². The molecule has 0 fully saturated rings. The summed E-state index contributed by atoms with van der Waals surface area (Å²) in [7, 11) is 0. The van der Waals surface area contributed by atoms with Crippen LogP contribution in [0.15, 0.2) is 35.3 Å². The van der Waals surface area contributed by atoms with Gasteiger partial charge in [-0.15, -0.1) is 0 Å². The number of hydrogen-bond donors (Lipinski definition) is 1. The van der Waals surface area contributed by atoms with Crippen LogP contribution in [0.1, 0.15) is 18.7 Å². The minimum Gasteiger partial charge on any atom is -0.287 e. The van der Waals surface area contributed by atoms with E-state index in [0.717, 1.165) is 6.54 Å². The molecular formula is C10H12N2. The van der Waals surface area contributed by atoms with Crippen molar-refractivity contribution in [2.75, 3.05) is 6.54 Å². The van der Waals surface area contributed by atoms with Gasteiger partial charge < -0.3 is 0 Å². The normalized spacial score (nSPS) is 22.4. The van der Waals surface area contributed by atoms with Crippen molar-refractivity contribution in [2.45, 2.75) is 13.1 Å². The Morgan fingerprint density at radius 3 is 2.67 bits per heavy atom. The van der Waals surface area contributed by atoms with Crippen molar-refractivity contribution in [1.82, 2.24) is 5.32 Å². The standard InChI is InChI=1S/C10H12N2/c1-8-7-11-10(12-8)9-5-3-2-4-6-9/h2-6,10-11H,7H2,1H3. The lowest BCUT2D eigenvalue weighted by molar-refractivity contribution is 0.643. The summed E-state index contributed by atoms with van der Waals surface area (Å²) in [5.41, 5.74) is 2.43. The van der Waals surface area contributed by atoms with Crippen LogP contribution < -0.4 is 5.32 Å². The molecule has 1 aromatic carbocycles. The highest BCUT2D eigenvalue weighted by Crippen LogP contribution is 2.16. The average Bonchev–Trinajstić information content (AvgIpc) is 2.54. The largest absolute Gasteiger partial charge is 0.287 e. The zero-order valence-electron chi connectivity index (χ0n) is 7.12. The second kappa shape index (κ2) is 3.07. The molecule has 0 spiro atoms. The molecule has 1 aliphatic rings. The number of nitrogens with zero attached hydrogens (tertiary/aromatic N) is 1. The summed E-state index contributed by atoms with van der Waals surface area (Å²) in [4.78, 5) is 4.46. The van der Waals surface area contributed by atoms with Gasteiger partial charge in [0.15, 0.2) is 0 Å². The maximum atomic E-state index is 4.46. The van der Waals surface area contributed by atoms with E-state index in [0.29, 0.717) is 0 Å². The summed E-state index contributed by atoms with van der Waals surface area (Å²) in [5.74, 6) is 0. The van der Waals surface area contributed by atoms with Crippen LogP contribution in [0.2, 0.25) is 0 Å². The Bertz CT molecular complexity index is 290. The number of hydrogen-bond acceptors (Lipinski definition) is 2. The molecule has 0 radical (unpaired) electrons. The number of benzene rings is 1. The lowest BCUT2D eigenvalue weighted by atomic mass is 10.2. The van der Waals surface area contributed by atoms with E-state index in [4.69, 9.17) is 0 Å². The molecule has 1 aromatic rings. The summed E-state index contributed by atoms with van der Waals surface area (Å²) >= 11 is 0. The molecule has 1 heterocycles. The van der Waals surface area contributed by atoms with Crippen molar-refractivity contribution in [2.24, 2.45) is 4.99 Å². The molecule has 12 heavy (non-hydrogen) atoms. The first-order chi connectivity index (χ1) is 5.86. The van der Waals surface area contributed by atoms with E-state index in [-0.39, 0.29) is 6.17 Å². The summed E-state index contributed by atoms with van der Waals surface area (Å²) < 4.78 is 0. The summed E-state index contributed by atoms with van der Waals surface area (Å²) in [5, 5.41) is 3.32. The molecule has 1 atom stereocenters. The van der Waals surface area contributed by atoms with Crippen molar-refractivity contribution in [1.29, 1.82) is 0 Å². The van der Waals surface area contributed by atoms with Gasteiger partial charge in [0.2, 0.25) is 0 Å². The minimum absolute atomic E-state index is 0.186. The summed E-state index contributed by atoms with van der Waals surface area (Å²) in [6.45, 7) is 2.97. The van der Waals surface area contributed by atoms with Crippen LogP contribution in [0.4, 0.5) is 0 Å². The number of nitrogens with one attached hydrogen (secondary N) is 1. The highest BCUT2D eigenvalue weighted by Gasteiger charge is 2.14. The predicted molar refractivity (Wildman–Crippen MR) is 50.3 cm³/mol. The first kappa shape index (κ1) is 7.50. The monoisotopic (exact) mass is 160 g/mol. The Hall–Kier alpha value is -1.15. The first-order valence-electron chi connectivity index (χ1n) is 4.18. The molecule has 1 aliphatic heterocycles. The Kier molecular flexibility index (Phi) is 1.92. The third-order valence-electron chi connectivity index (χ3n) is 2.02. The molecule has 0 bridgehead atoms. The van der Waals surface area contributed by atoms with Crippen molar-refractivity contribution in [3.63, 3.8) is 0 Å². The molecule has 1 unspecified atom stereocenters. The summed E-state index contributed by atoms with van der Waals surface area (Å²) in [6, 6.07) is 10.3. The molecule has 62 valence electrons. The highest BCUT2D eigenvalue weighted by molar-refractivity contribution is 5.85. The van der Waals surface area contributed by atoms with Crippen molar-refractivity contribution >= 4 is 5.71 Å². The quantitative estimate of drug-likeness (QED) is 0.665. The Balaban J connectivity index is 2.22. The Morgan fingerprint density at radius 1 is 1.33 bits per heavy atom. The van der Waals surface area contributed by atoms with Crippen LogP contribution in [-0.2, 0) is 0 Å². The molecule has 0 aromatic heterocycles. The van der Waals surface area contributed by atoms with Crippen LogP contribution in [0, 0.1) is 0 Å². The molecule has 2 heteroatoms. The molecule has 1 N–H and O–H groups in total. The molecule has 2 nitrogen and oxygen atoms in total. The van der Waals surface area contributed by atoms with Crippen LogP contribution in [0.25, 0.3) is 0 Å². The Morgan fingerprint density at radius 2 is 2.08 bits per heavy atom. The van der Waals surface area contributed by atoms with Crippen molar-refractivity contribution < 1.29 is 0 Å². The molecule has 2 rings (SSSR count). The third kappa shape index (κ3) is 1.38. The topological polar surface area (TPSA) is 24.4 Å². The van der Waals surface area contributed by atoms with Crippen molar-refractivity contribution in [3.05, 3.63) is 35.9 Å². The van der Waals surface area contributed by atoms with Gasteiger partial charge in [-0.05, 0) is 12.5 Å². The van der Waals surface area contributed by atoms with Crippen LogP contribution in [0.5, 0.6) is 0 Å². The van der Waals surface area contributed by atoms with Gasteiger partial charge in [0.1, 0.15) is 6.17 Å². The third-order valence-corrected chi connectivity index (χ3v) is 2.02. The van der Waals surface area contributed by atoms with Gasteiger partial charge in [0.05, 0.1) is 0 Å². The lowest BCUT2D eigenvalue weighted by Crippen LogP contribution is -2.15. The summed E-state index contributed by atoms with van der Waals surface area (Å²) in [6.07, 6.45) is 0.186. The van der Waals surface area contributed by atoms with Gasteiger partial charge in [0, 0.05) is 12.3 Å². The molecule has 0 saturated heterocycles. The van der Waals surface area contributed by atoms with Gasteiger partial charge in [-0.1, -0.05) is 30.3 Å². The fourth-order valence-corrected chi connectivity index (χ4v) is 1.38. The predicted octanol–water partition coefficient (Wildman–Crippen LogP) is 1.75. The lowest BCUT2D eigenvalue weighted by Gasteiger charge is -2.06. The van der Waals surface area contributed by atoms with Gasteiger partial charge >= 0.3 is 0 Å². The zero-order chi connectivity index (χ0) is 8.39. The van der Waals surface area contributed by atoms with E-state index in [1.807, 2.05) is 18.2 Å². The van der Waals surface area contributed by atoms with E-state index in [9.17, 15) is 0 Å². The smallest absolute Gasteiger partial charge is 0.125 e. The van der Waals surface area contributed by atoms with Crippen LogP contribution in [-0.4, -0.2) is 12.3 Å². The second-order valence-electron chi connectivity index (χ2n) is 3.06. The van der Waals surface area contributed by atoms with Crippen LogP contribution in [0.3, 0.4) is 0 Å². The van der Waals surface area contributed by atoms with E-state index in [1.165, 1.54) is 11.3 Å². The van der Waals surface area contributed by atoms with E-state index < -0.39 is 0 Å². The zero-order valence-corrected chi connectivity index (χ0v) is 7.12. The molecule has 0 saturated carbocycles. The Labute approximate surface area is 72.3 Å². The van der Waals surface area contributed by atoms with Gasteiger partial charge in [-0.25, -0.2) is 0 Å². The fraction of sp³-hybridized carbons (Fsp3) is 0.300. The minimum atomic E-state index is 0.186. The SMILES string of the molecule is CC1=NC(c2ccccc2)NC1. The molecule has 0 amide bonds. The molecular weight excluding hydrogens is 148 g/mol. The maximum Gasteiger partial charge on any atom is 0.125 e. The first-order valence-corrected chi connectivity index (χ1v) is 4.18. The van der Waals surface area contributed by atoms with Gasteiger partial charge in [0.25, 0.3) is 0 Å². The van der Waals surface area contributed by atoms with E-state index >= 15 is 0 Å².